The largest absolute Gasteiger partial charge is 0.444 e. The number of azide groups is 1. The zero-order valence-electron chi connectivity index (χ0n) is 17.1. The highest BCUT2D eigenvalue weighted by Crippen LogP contribution is 2.77. The number of rotatable bonds is 12. The van der Waals surface area contributed by atoms with Crippen LogP contribution in [-0.4, -0.2) is 47.7 Å². The first kappa shape index (κ1) is 30.5. The number of hydrogen-bond donors (Lipinski definition) is 5. The van der Waals surface area contributed by atoms with E-state index in [-0.39, 0.29) is 11.3 Å². The van der Waals surface area contributed by atoms with Crippen LogP contribution in [0.15, 0.2) is 32.7 Å². The molecule has 0 aromatic carbocycles. The number of hydrogen-bond acceptors (Lipinski definition) is 9. The maximum atomic E-state index is 13.5. The third-order valence-electron chi connectivity index (χ3n) is 3.54. The van der Waals surface area contributed by atoms with Crippen LogP contribution in [-0.2, 0) is 34.5 Å². The van der Waals surface area contributed by atoms with E-state index in [0.29, 0.717) is 0 Å². The molecule has 1 aromatic rings. The molecule has 0 saturated heterocycles. The summed E-state index contributed by atoms with van der Waals surface area (Å²) in [5.41, 5.74) is 7.02. The highest BCUT2D eigenvalue weighted by molar-refractivity contribution is 8.08. The highest BCUT2D eigenvalue weighted by atomic mass is 32.5. The van der Waals surface area contributed by atoms with Gasteiger partial charge in [-0.2, -0.15) is 8.78 Å². The standard InChI is InChI=1S/C12H18F2N5O11P3S/c1-7-6-19(11(21)16-10(7)20)9(5-8(2)17-18-15)28-3-4-29-33(27,34)30-32(25,26)12(13,14)31(22,23)24/h5-6,9H,3-4H2,1-2H3,(H,25,26)(H,27,34)(H,16,20,21)(H2,22,23,24)/b8-5+/t9-,33?/m1/s1. The Labute approximate surface area is 193 Å². The summed E-state index contributed by atoms with van der Waals surface area (Å²) in [4.78, 5) is 64.2. The van der Waals surface area contributed by atoms with Crippen LogP contribution in [0.25, 0.3) is 10.4 Å². The molecule has 192 valence electrons. The van der Waals surface area contributed by atoms with E-state index in [1.165, 1.54) is 13.8 Å². The molecule has 0 fully saturated rings. The normalized spacial score (nSPS) is 17.4. The fourth-order valence-electron chi connectivity index (χ4n) is 1.99. The SMILES string of the molecule is C/C(=C\[C@@H](OCCOP(O)(=S)OP(=O)(O)C(F)(F)P(=O)(O)O)n1cc(C)c(=O)[nH]c1=O)N=[N+]=[N-]. The molecule has 0 amide bonds. The van der Waals surface area contributed by atoms with Crippen molar-refractivity contribution in [3.8, 4) is 0 Å². The average Bonchev–Trinajstić information content (AvgIpc) is 2.65. The van der Waals surface area contributed by atoms with Crippen molar-refractivity contribution in [2.24, 2.45) is 5.11 Å². The Morgan fingerprint density at radius 1 is 1.35 bits per heavy atom. The van der Waals surface area contributed by atoms with Crippen molar-refractivity contribution in [1.82, 2.24) is 9.55 Å². The van der Waals surface area contributed by atoms with Crippen molar-refractivity contribution < 1.29 is 51.1 Å². The van der Waals surface area contributed by atoms with E-state index in [1.807, 2.05) is 4.98 Å². The summed E-state index contributed by atoms with van der Waals surface area (Å²) in [7, 11) is -13.0. The molecule has 2 unspecified atom stereocenters. The second-order valence-electron chi connectivity index (χ2n) is 6.19. The van der Waals surface area contributed by atoms with Crippen LogP contribution in [0.3, 0.4) is 0 Å². The zero-order valence-corrected chi connectivity index (χ0v) is 20.6. The molecule has 34 heavy (non-hydrogen) atoms. The number of nitrogens with one attached hydrogen (secondary N) is 1. The third kappa shape index (κ3) is 7.99. The molecule has 1 aromatic heterocycles. The van der Waals surface area contributed by atoms with Gasteiger partial charge in [0.15, 0.2) is 6.23 Å². The molecular formula is C12H18F2N5O11P3S. The molecule has 5 N–H and O–H groups in total. The van der Waals surface area contributed by atoms with Crippen LogP contribution in [0, 0.1) is 6.92 Å². The van der Waals surface area contributed by atoms with Gasteiger partial charge < -0.3 is 28.8 Å². The van der Waals surface area contributed by atoms with E-state index in [1.54, 1.807) is 0 Å². The summed E-state index contributed by atoms with van der Waals surface area (Å²) < 4.78 is 63.8. The van der Waals surface area contributed by atoms with Gasteiger partial charge in [-0.05, 0) is 37.3 Å². The first-order valence-corrected chi connectivity index (χ1v) is 14.2. The van der Waals surface area contributed by atoms with Crippen molar-refractivity contribution in [3.05, 3.63) is 54.8 Å². The molecule has 0 saturated carbocycles. The Balaban J connectivity index is 3.00. The second-order valence-corrected chi connectivity index (χ2v) is 13.0. The van der Waals surface area contributed by atoms with Gasteiger partial charge in [-0.15, -0.1) is 0 Å². The lowest BCUT2D eigenvalue weighted by atomic mass is 10.3. The van der Waals surface area contributed by atoms with Crippen LogP contribution >= 0.6 is 21.9 Å². The van der Waals surface area contributed by atoms with Gasteiger partial charge in [0.2, 0.25) is 0 Å². The maximum Gasteiger partial charge on any atom is 0.444 e. The predicted octanol–water partition coefficient (Wildman–Crippen LogP) is 1.74. The lowest BCUT2D eigenvalue weighted by Gasteiger charge is -2.25. The van der Waals surface area contributed by atoms with Gasteiger partial charge in [-0.1, -0.05) is 5.11 Å². The lowest BCUT2D eigenvalue weighted by Crippen LogP contribution is -2.34. The smallest absolute Gasteiger partial charge is 0.352 e. The Bertz CT molecular complexity index is 1250. The number of allylic oxidation sites excluding steroid dienone is 1. The Morgan fingerprint density at radius 3 is 2.47 bits per heavy atom. The molecule has 22 heteroatoms. The van der Waals surface area contributed by atoms with Gasteiger partial charge in [-0.3, -0.25) is 23.5 Å². The van der Waals surface area contributed by atoms with Gasteiger partial charge in [0, 0.05) is 22.4 Å². The monoisotopic (exact) mass is 571 g/mol. The number of ether oxygens (including phenoxy) is 1. The topological polar surface area (TPSA) is 246 Å². The summed E-state index contributed by atoms with van der Waals surface area (Å²) in [6.45, 7) is -3.63. The van der Waals surface area contributed by atoms with Crippen LogP contribution in [0.1, 0.15) is 18.7 Å². The van der Waals surface area contributed by atoms with Crippen molar-refractivity contribution in [1.29, 1.82) is 0 Å². The van der Waals surface area contributed by atoms with E-state index >= 15 is 0 Å². The average molecular weight is 571 g/mol. The molecule has 0 bridgehead atoms. The molecule has 3 atom stereocenters. The first-order valence-electron chi connectivity index (χ1n) is 8.47. The fourth-order valence-corrected chi connectivity index (χ4v) is 6.68. The summed E-state index contributed by atoms with van der Waals surface area (Å²) in [5.74, 6) is 0. The zero-order chi connectivity index (χ0) is 26.5. The van der Waals surface area contributed by atoms with Gasteiger partial charge in [0.05, 0.1) is 13.2 Å². The molecule has 0 aliphatic heterocycles. The van der Waals surface area contributed by atoms with Crippen molar-refractivity contribution >= 4 is 33.7 Å². The molecule has 0 aliphatic carbocycles. The van der Waals surface area contributed by atoms with E-state index in [0.717, 1.165) is 16.8 Å². The molecule has 0 radical (unpaired) electrons. The Kier molecular flexibility index (Phi) is 10.2. The van der Waals surface area contributed by atoms with Gasteiger partial charge in [0.25, 0.3) is 5.56 Å². The van der Waals surface area contributed by atoms with Crippen molar-refractivity contribution in [3.63, 3.8) is 0 Å². The van der Waals surface area contributed by atoms with Crippen LogP contribution in [0.2, 0.25) is 0 Å². The summed E-state index contributed by atoms with van der Waals surface area (Å²) in [6.07, 6.45) is 0.920. The van der Waals surface area contributed by atoms with E-state index in [2.05, 4.69) is 30.7 Å². The summed E-state index contributed by atoms with van der Waals surface area (Å²) >= 11 is 4.30. The number of halogens is 2. The van der Waals surface area contributed by atoms with Gasteiger partial charge in [0.1, 0.15) is 0 Å². The van der Waals surface area contributed by atoms with E-state index < -0.39 is 58.0 Å². The maximum absolute atomic E-state index is 13.5. The van der Waals surface area contributed by atoms with Crippen molar-refractivity contribution in [2.45, 2.75) is 25.5 Å². The van der Waals surface area contributed by atoms with Crippen LogP contribution in [0.4, 0.5) is 8.78 Å². The third-order valence-corrected chi connectivity index (χ3v) is 9.59. The number of aromatic nitrogens is 2. The minimum absolute atomic E-state index is 0.0284. The molecule has 16 nitrogen and oxygen atoms in total. The molecule has 0 aliphatic rings. The Morgan fingerprint density at radius 2 is 1.94 bits per heavy atom. The van der Waals surface area contributed by atoms with Gasteiger partial charge in [-0.25, -0.2) is 9.11 Å². The van der Waals surface area contributed by atoms with E-state index in [9.17, 15) is 37.3 Å². The molecular weight excluding hydrogens is 553 g/mol. The van der Waals surface area contributed by atoms with Crippen molar-refractivity contribution in [2.75, 3.05) is 13.2 Å². The summed E-state index contributed by atoms with van der Waals surface area (Å²) in [5, 5.41) is -2.29. The number of aryl methyl sites for hydroxylation is 1. The lowest BCUT2D eigenvalue weighted by molar-refractivity contribution is 0.0141. The molecule has 1 rings (SSSR count). The molecule has 1 heterocycles. The van der Waals surface area contributed by atoms with Gasteiger partial charge >= 0.3 is 33.0 Å². The van der Waals surface area contributed by atoms with Crippen LogP contribution in [0.5, 0.6) is 0 Å². The quantitative estimate of drug-likeness (QED) is 0.0791. The summed E-state index contributed by atoms with van der Waals surface area (Å²) in [6, 6.07) is 0. The second kappa shape index (κ2) is 11.4. The molecule has 0 spiro atoms. The Hall–Kier alpha value is -1.58. The number of alkyl halides is 2. The number of nitrogens with zero attached hydrogens (tertiary/aromatic N) is 4. The minimum atomic E-state index is -6.50. The number of H-pyrrole nitrogens is 1. The van der Waals surface area contributed by atoms with Crippen LogP contribution < -0.4 is 11.2 Å². The highest BCUT2D eigenvalue weighted by Gasteiger charge is 2.66. The minimum Gasteiger partial charge on any atom is -0.352 e. The number of aromatic amines is 1. The predicted molar refractivity (Wildman–Crippen MR) is 114 cm³/mol. The fraction of sp³-hybridized carbons (Fsp3) is 0.500. The first-order chi connectivity index (χ1) is 15.3. The van der Waals surface area contributed by atoms with E-state index in [4.69, 9.17) is 20.1 Å².